The Hall–Kier alpha value is -3.70. The van der Waals surface area contributed by atoms with Crippen molar-refractivity contribution in [3.05, 3.63) is 81.5 Å². The number of hydrogen-bond donors (Lipinski definition) is 1. The number of rotatable bonds is 5. The first kappa shape index (κ1) is 25.6. The first-order valence-electron chi connectivity index (χ1n) is 13.3. The molecule has 1 aliphatic heterocycles. The quantitative estimate of drug-likeness (QED) is 0.398. The van der Waals surface area contributed by atoms with Crippen LogP contribution in [0.1, 0.15) is 66.6 Å². The lowest BCUT2D eigenvalue weighted by molar-refractivity contribution is -0.137. The van der Waals surface area contributed by atoms with Gasteiger partial charge in [-0.25, -0.2) is 9.24 Å². The van der Waals surface area contributed by atoms with Crippen molar-refractivity contribution in [1.29, 1.82) is 0 Å². The summed E-state index contributed by atoms with van der Waals surface area (Å²) in [4.78, 5) is 31.4. The summed E-state index contributed by atoms with van der Waals surface area (Å²) >= 11 is 5.98. The zero-order chi connectivity index (χ0) is 27.4. The minimum absolute atomic E-state index is 0.00944. The predicted octanol–water partition coefficient (Wildman–Crippen LogP) is 6.02. The molecule has 2 bridgehead atoms. The van der Waals surface area contributed by atoms with E-state index < -0.39 is 11.7 Å². The van der Waals surface area contributed by atoms with E-state index in [-0.39, 0.29) is 33.9 Å². The van der Waals surface area contributed by atoms with E-state index in [0.29, 0.717) is 42.1 Å². The van der Waals surface area contributed by atoms with Gasteiger partial charge in [-0.15, -0.1) is 0 Å². The third-order valence-electron chi connectivity index (χ3n) is 9.31. The molecule has 2 N–H and O–H groups in total. The van der Waals surface area contributed by atoms with Crippen molar-refractivity contribution in [1.82, 2.24) is 14.7 Å². The van der Waals surface area contributed by atoms with E-state index in [9.17, 15) is 14.0 Å². The highest BCUT2D eigenvalue weighted by Gasteiger charge is 2.50. The number of primary amides is 1. The van der Waals surface area contributed by atoms with Crippen LogP contribution in [0.5, 0.6) is 0 Å². The maximum Gasteiger partial charge on any atom is 0.252 e. The Morgan fingerprint density at radius 1 is 1.05 bits per heavy atom. The molecule has 2 aromatic carbocycles. The molecule has 0 saturated heterocycles. The van der Waals surface area contributed by atoms with Crippen molar-refractivity contribution in [3.8, 4) is 11.3 Å². The van der Waals surface area contributed by atoms with Crippen LogP contribution in [0.2, 0.25) is 5.02 Å². The number of hydrogen-bond acceptors (Lipinski definition) is 3. The van der Waals surface area contributed by atoms with E-state index in [4.69, 9.17) is 23.9 Å². The zero-order valence-electron chi connectivity index (χ0n) is 21.6. The molecular formula is C30H29ClFN5O2. The fraction of sp³-hybridized carbons (Fsp3) is 0.400. The van der Waals surface area contributed by atoms with Crippen molar-refractivity contribution >= 4 is 29.1 Å². The minimum Gasteiger partial charge on any atom is -0.365 e. The molecule has 3 saturated carbocycles. The average Bonchev–Trinajstić information content (AvgIpc) is 3.34. The van der Waals surface area contributed by atoms with Gasteiger partial charge in [0.1, 0.15) is 11.5 Å². The third kappa shape index (κ3) is 4.39. The van der Waals surface area contributed by atoms with Crippen LogP contribution >= 0.6 is 11.6 Å². The molecule has 3 fully saturated rings. The number of fused-ring (bicyclic) bond motifs is 4. The molecule has 0 spiro atoms. The lowest BCUT2D eigenvalue weighted by atomic mass is 9.51. The lowest BCUT2D eigenvalue weighted by Crippen LogP contribution is -2.47. The molecule has 7 rings (SSSR count). The van der Waals surface area contributed by atoms with Crippen LogP contribution in [0, 0.1) is 17.8 Å². The first-order valence-corrected chi connectivity index (χ1v) is 13.7. The normalized spacial score (nSPS) is 23.8. The molecule has 7 nitrogen and oxygen atoms in total. The van der Waals surface area contributed by atoms with Gasteiger partial charge in [0.25, 0.3) is 5.91 Å². The molecule has 1 aromatic heterocycles. The molecule has 0 unspecified atom stereocenters. The van der Waals surface area contributed by atoms with Crippen molar-refractivity contribution in [3.63, 3.8) is 0 Å². The van der Waals surface area contributed by atoms with Crippen molar-refractivity contribution in [2.75, 3.05) is 6.54 Å². The van der Waals surface area contributed by atoms with E-state index in [1.807, 2.05) is 17.0 Å². The minimum atomic E-state index is -0.639. The second kappa shape index (κ2) is 9.49. The van der Waals surface area contributed by atoms with Gasteiger partial charge in [-0.2, -0.15) is 5.10 Å². The van der Waals surface area contributed by atoms with Crippen LogP contribution < -0.4 is 5.73 Å². The summed E-state index contributed by atoms with van der Waals surface area (Å²) in [6.07, 6.45) is 6.70. The molecule has 3 aliphatic carbocycles. The lowest BCUT2D eigenvalue weighted by Gasteiger charge is -2.54. The summed E-state index contributed by atoms with van der Waals surface area (Å²) in [5, 5.41) is 4.53. The van der Waals surface area contributed by atoms with Gasteiger partial charge in [0.15, 0.2) is 5.69 Å². The highest BCUT2D eigenvalue weighted by Crippen LogP contribution is 2.59. The topological polar surface area (TPSA) is 85.6 Å². The monoisotopic (exact) mass is 545 g/mol. The molecule has 2 heterocycles. The summed E-state index contributed by atoms with van der Waals surface area (Å²) < 4.78 is 15.5. The Bertz CT molecular complexity index is 1500. The second-order valence-corrected chi connectivity index (χ2v) is 11.7. The number of carbonyl (C=O) groups excluding carboxylic acids is 2. The summed E-state index contributed by atoms with van der Waals surface area (Å²) in [6, 6.07) is 12.2. The van der Waals surface area contributed by atoms with E-state index in [1.165, 1.54) is 23.8 Å². The van der Waals surface area contributed by atoms with Crippen LogP contribution in [-0.4, -0.2) is 33.0 Å². The van der Waals surface area contributed by atoms with E-state index in [1.54, 1.807) is 4.68 Å². The zero-order valence-corrected chi connectivity index (χ0v) is 22.3. The number of carbonyl (C=O) groups is 2. The first-order chi connectivity index (χ1) is 18.7. The second-order valence-electron chi connectivity index (χ2n) is 11.3. The Morgan fingerprint density at radius 2 is 1.74 bits per heavy atom. The Morgan fingerprint density at radius 3 is 2.36 bits per heavy atom. The van der Waals surface area contributed by atoms with Gasteiger partial charge < -0.3 is 10.6 Å². The number of amides is 2. The van der Waals surface area contributed by atoms with Gasteiger partial charge in [-0.05, 0) is 73.1 Å². The van der Waals surface area contributed by atoms with Gasteiger partial charge in [0.2, 0.25) is 5.91 Å². The van der Waals surface area contributed by atoms with Crippen LogP contribution in [0.4, 0.5) is 10.1 Å². The third-order valence-corrected chi connectivity index (χ3v) is 9.60. The number of halogens is 2. The SMILES string of the molecule is [C-]#[N+]c1ccc(C23CCC(CC(=O)N4CCn5nc(-c6ccc(F)c(Cl)c6)c(C(N)=O)c5C4)(CC2)CC3)cc1. The maximum absolute atomic E-state index is 13.7. The summed E-state index contributed by atoms with van der Waals surface area (Å²) in [5.41, 5.74) is 9.62. The summed E-state index contributed by atoms with van der Waals surface area (Å²) in [5.74, 6) is -1.10. The molecule has 0 radical (unpaired) electrons. The van der Waals surface area contributed by atoms with Gasteiger partial charge in [-0.3, -0.25) is 14.3 Å². The number of nitrogens with zero attached hydrogens (tertiary/aromatic N) is 4. The maximum atomic E-state index is 13.7. The highest BCUT2D eigenvalue weighted by molar-refractivity contribution is 6.31. The number of nitrogens with two attached hydrogens (primary N) is 1. The van der Waals surface area contributed by atoms with E-state index >= 15 is 0 Å². The molecule has 9 heteroatoms. The molecule has 3 aromatic rings. The molecule has 2 amide bonds. The van der Waals surface area contributed by atoms with Crippen LogP contribution in [0.15, 0.2) is 42.5 Å². The fourth-order valence-electron chi connectivity index (χ4n) is 6.92. The molecular weight excluding hydrogens is 517 g/mol. The molecule has 200 valence electrons. The standard InChI is InChI=1S/C30H29ClFN5O2/c1-34-21-5-3-20(4-6-21)30-11-8-29(9-12-30,10-13-30)17-25(38)36-14-15-37-24(18-36)26(28(33)39)27(35-37)19-2-7-23(32)22(31)16-19/h2-7,16H,8-15,17-18H2,(H2,33,39). The molecule has 0 atom stereocenters. The van der Waals surface area contributed by atoms with Gasteiger partial charge in [0, 0.05) is 18.5 Å². The number of benzene rings is 2. The van der Waals surface area contributed by atoms with Crippen LogP contribution in [0.3, 0.4) is 0 Å². The highest BCUT2D eigenvalue weighted by atomic mass is 35.5. The Kier molecular flexibility index (Phi) is 6.22. The summed E-state index contributed by atoms with van der Waals surface area (Å²) in [6.45, 7) is 8.42. The smallest absolute Gasteiger partial charge is 0.252 e. The predicted molar refractivity (Wildman–Crippen MR) is 146 cm³/mol. The van der Waals surface area contributed by atoms with Gasteiger partial charge in [-0.1, -0.05) is 35.9 Å². The average molecular weight is 546 g/mol. The Labute approximate surface area is 231 Å². The fourth-order valence-corrected chi connectivity index (χ4v) is 7.10. The van der Waals surface area contributed by atoms with Crippen molar-refractivity contribution < 1.29 is 14.0 Å². The van der Waals surface area contributed by atoms with Crippen LogP contribution in [-0.2, 0) is 23.3 Å². The van der Waals surface area contributed by atoms with E-state index in [2.05, 4.69) is 22.1 Å². The number of aromatic nitrogens is 2. The van der Waals surface area contributed by atoms with Gasteiger partial charge >= 0.3 is 0 Å². The molecule has 39 heavy (non-hydrogen) atoms. The summed E-state index contributed by atoms with van der Waals surface area (Å²) in [7, 11) is 0. The van der Waals surface area contributed by atoms with Crippen molar-refractivity contribution in [2.45, 2.75) is 63.5 Å². The van der Waals surface area contributed by atoms with Crippen LogP contribution in [0.25, 0.3) is 16.1 Å². The molecule has 4 aliphatic rings. The van der Waals surface area contributed by atoms with Crippen molar-refractivity contribution in [2.24, 2.45) is 11.1 Å². The van der Waals surface area contributed by atoms with Gasteiger partial charge in [0.05, 0.1) is 35.9 Å². The Balaban J connectivity index is 1.18. The largest absolute Gasteiger partial charge is 0.365 e. The van der Waals surface area contributed by atoms with E-state index in [0.717, 1.165) is 38.5 Å².